The first kappa shape index (κ1) is 14.3. The molecular weight excluding hydrogens is 232 g/mol. The van der Waals surface area contributed by atoms with Gasteiger partial charge in [-0.2, -0.15) is 0 Å². The molecule has 0 bridgehead atoms. The van der Waals surface area contributed by atoms with Crippen LogP contribution in [0.25, 0.3) is 0 Å². The van der Waals surface area contributed by atoms with Gasteiger partial charge in [0.15, 0.2) is 5.82 Å². The van der Waals surface area contributed by atoms with E-state index in [4.69, 9.17) is 16.2 Å². The van der Waals surface area contributed by atoms with Gasteiger partial charge in [-0.1, -0.05) is 38.1 Å². The fourth-order valence-electron chi connectivity index (χ4n) is 1.68. The minimum Gasteiger partial charge on any atom is -0.754 e. The van der Waals surface area contributed by atoms with E-state index in [9.17, 15) is 5.21 Å². The minimum absolute atomic E-state index is 0.000827. The molecule has 0 aliphatic heterocycles. The summed E-state index contributed by atoms with van der Waals surface area (Å²) in [6.07, 6.45) is 4.55. The third-order valence-electron chi connectivity index (χ3n) is 2.95. The molecule has 1 aromatic rings. The molecule has 0 saturated carbocycles. The Morgan fingerprint density at radius 3 is 2.72 bits per heavy atom. The first-order valence-electron chi connectivity index (χ1n) is 6.36. The maximum Gasteiger partial charge on any atom is 0.347 e. The Balaban J connectivity index is 2.57. The maximum absolute atomic E-state index is 11.2. The summed E-state index contributed by atoms with van der Waals surface area (Å²) in [6.45, 7) is 4.88. The first-order valence-corrected chi connectivity index (χ1v) is 6.36. The Morgan fingerprint density at radius 1 is 1.44 bits per heavy atom. The van der Waals surface area contributed by atoms with Crippen LogP contribution in [0.15, 0.2) is 6.07 Å². The zero-order chi connectivity index (χ0) is 13.5. The van der Waals surface area contributed by atoms with Crippen LogP contribution in [0.2, 0.25) is 0 Å². The van der Waals surface area contributed by atoms with Crippen molar-refractivity contribution < 1.29 is 9.47 Å². The van der Waals surface area contributed by atoms with E-state index in [1.54, 1.807) is 0 Å². The molecule has 1 unspecified atom stereocenters. The summed E-state index contributed by atoms with van der Waals surface area (Å²) >= 11 is 0. The van der Waals surface area contributed by atoms with Crippen LogP contribution < -0.4 is 20.9 Å². The average molecular weight is 254 g/mol. The van der Waals surface area contributed by atoms with E-state index in [0.717, 1.165) is 12.8 Å². The van der Waals surface area contributed by atoms with Crippen molar-refractivity contribution in [3.05, 3.63) is 11.3 Å². The molecule has 1 aromatic heterocycles. The van der Waals surface area contributed by atoms with Crippen molar-refractivity contribution in [2.75, 3.05) is 18.1 Å². The lowest BCUT2D eigenvalue weighted by Gasteiger charge is -2.15. The number of unbranched alkanes of at least 4 members (excludes halogenated alkanes) is 1. The molecule has 0 fully saturated rings. The highest BCUT2D eigenvalue weighted by atomic mass is 16.5. The van der Waals surface area contributed by atoms with Crippen molar-refractivity contribution in [2.24, 2.45) is 5.92 Å². The van der Waals surface area contributed by atoms with E-state index in [1.165, 1.54) is 18.9 Å². The SMILES string of the molecule is CCCCC(CC)COc1cc(N)[n+]([O-])c(N)n1. The topological polar surface area (TPSA) is 101 Å². The van der Waals surface area contributed by atoms with Crippen molar-refractivity contribution in [2.45, 2.75) is 39.5 Å². The predicted octanol–water partition coefficient (Wildman–Crippen LogP) is 1.47. The number of hydrogen-bond donors (Lipinski definition) is 2. The van der Waals surface area contributed by atoms with E-state index in [1.807, 2.05) is 0 Å². The summed E-state index contributed by atoms with van der Waals surface area (Å²) in [5, 5.41) is 11.2. The van der Waals surface area contributed by atoms with Crippen LogP contribution in [-0.4, -0.2) is 11.6 Å². The van der Waals surface area contributed by atoms with Gasteiger partial charge in [-0.25, -0.2) is 4.73 Å². The van der Waals surface area contributed by atoms with Crippen LogP contribution in [0.3, 0.4) is 0 Å². The smallest absolute Gasteiger partial charge is 0.347 e. The van der Waals surface area contributed by atoms with Crippen LogP contribution in [0.1, 0.15) is 39.5 Å². The molecule has 0 aromatic carbocycles. The number of ether oxygens (including phenoxy) is 1. The number of aromatic nitrogens is 2. The van der Waals surface area contributed by atoms with Gasteiger partial charge in [-0.3, -0.25) is 0 Å². The number of hydrogen-bond acceptors (Lipinski definition) is 5. The molecule has 1 rings (SSSR count). The highest BCUT2D eigenvalue weighted by Gasteiger charge is 2.12. The predicted molar refractivity (Wildman–Crippen MR) is 70.8 cm³/mol. The van der Waals surface area contributed by atoms with Gasteiger partial charge in [0, 0.05) is 0 Å². The van der Waals surface area contributed by atoms with E-state index in [0.29, 0.717) is 23.1 Å². The lowest BCUT2D eigenvalue weighted by molar-refractivity contribution is -0.577. The summed E-state index contributed by atoms with van der Waals surface area (Å²) in [5.41, 5.74) is 10.9. The Labute approximate surface area is 108 Å². The van der Waals surface area contributed by atoms with E-state index in [2.05, 4.69) is 18.8 Å². The lowest BCUT2D eigenvalue weighted by atomic mass is 10.0. The third kappa shape index (κ3) is 3.94. The van der Waals surface area contributed by atoms with Gasteiger partial charge in [0.05, 0.1) is 12.7 Å². The van der Waals surface area contributed by atoms with E-state index in [-0.39, 0.29) is 11.8 Å². The monoisotopic (exact) mass is 254 g/mol. The molecule has 4 N–H and O–H groups in total. The second kappa shape index (κ2) is 6.88. The highest BCUT2D eigenvalue weighted by molar-refractivity contribution is 5.31. The zero-order valence-corrected chi connectivity index (χ0v) is 11.1. The van der Waals surface area contributed by atoms with Gasteiger partial charge in [-0.05, 0) is 12.3 Å². The number of anilines is 2. The molecule has 102 valence electrons. The standard InChI is InChI=1S/C12H22N4O2/c1-3-5-6-9(4-2)8-18-11-7-10(13)16(17)12(14)15-11/h7,9H,3-6,8,13H2,1-2H3,(H2,14,15). The lowest BCUT2D eigenvalue weighted by Crippen LogP contribution is -2.35. The number of rotatable bonds is 7. The molecule has 6 heteroatoms. The average Bonchev–Trinajstić information content (AvgIpc) is 2.36. The summed E-state index contributed by atoms with van der Waals surface area (Å²) < 4.78 is 5.93. The van der Waals surface area contributed by atoms with Crippen molar-refractivity contribution in [3.8, 4) is 5.88 Å². The molecule has 6 nitrogen and oxygen atoms in total. The third-order valence-corrected chi connectivity index (χ3v) is 2.95. The van der Waals surface area contributed by atoms with Crippen molar-refractivity contribution in [1.29, 1.82) is 0 Å². The first-order chi connectivity index (χ1) is 8.58. The summed E-state index contributed by atoms with van der Waals surface area (Å²) in [7, 11) is 0. The number of nitrogens with zero attached hydrogens (tertiary/aromatic N) is 2. The second-order valence-electron chi connectivity index (χ2n) is 4.40. The summed E-state index contributed by atoms with van der Waals surface area (Å²) in [4.78, 5) is 3.85. The van der Waals surface area contributed by atoms with Gasteiger partial charge in [0.2, 0.25) is 0 Å². The fraction of sp³-hybridized carbons (Fsp3) is 0.667. The molecule has 0 saturated heterocycles. The normalized spacial score (nSPS) is 12.3. The Kier molecular flexibility index (Phi) is 5.48. The second-order valence-corrected chi connectivity index (χ2v) is 4.40. The zero-order valence-electron chi connectivity index (χ0n) is 11.1. The summed E-state index contributed by atoms with van der Waals surface area (Å²) in [5.74, 6) is 0.617. The largest absolute Gasteiger partial charge is 0.754 e. The van der Waals surface area contributed by atoms with Gasteiger partial charge in [-0.15, -0.1) is 0 Å². The van der Waals surface area contributed by atoms with E-state index >= 15 is 0 Å². The van der Waals surface area contributed by atoms with Crippen LogP contribution in [-0.2, 0) is 0 Å². The van der Waals surface area contributed by atoms with E-state index < -0.39 is 0 Å². The molecule has 1 heterocycles. The molecular formula is C12H22N4O2. The molecule has 0 radical (unpaired) electrons. The van der Waals surface area contributed by atoms with Crippen LogP contribution in [0, 0.1) is 11.1 Å². The Morgan fingerprint density at radius 2 is 2.17 bits per heavy atom. The minimum atomic E-state index is -0.188. The molecule has 0 amide bonds. The molecule has 0 spiro atoms. The quantitative estimate of drug-likeness (QED) is 0.567. The molecule has 1 atom stereocenters. The van der Waals surface area contributed by atoms with Crippen molar-refractivity contribution in [3.63, 3.8) is 0 Å². The number of nitrogens with two attached hydrogens (primary N) is 2. The van der Waals surface area contributed by atoms with Gasteiger partial charge < -0.3 is 21.4 Å². The highest BCUT2D eigenvalue weighted by Crippen LogP contribution is 2.16. The Bertz CT molecular complexity index is 361. The van der Waals surface area contributed by atoms with Crippen molar-refractivity contribution in [1.82, 2.24) is 4.98 Å². The molecule has 18 heavy (non-hydrogen) atoms. The summed E-state index contributed by atoms with van der Waals surface area (Å²) in [6, 6.07) is 1.40. The van der Waals surface area contributed by atoms with Crippen LogP contribution in [0.4, 0.5) is 11.8 Å². The molecule has 0 aliphatic carbocycles. The Hall–Kier alpha value is -1.72. The van der Waals surface area contributed by atoms with Crippen LogP contribution >= 0.6 is 0 Å². The van der Waals surface area contributed by atoms with Gasteiger partial charge >= 0.3 is 5.95 Å². The number of nitrogen functional groups attached to an aromatic ring is 2. The van der Waals surface area contributed by atoms with Gasteiger partial charge in [0.1, 0.15) is 0 Å². The molecule has 0 aliphatic rings. The van der Waals surface area contributed by atoms with Gasteiger partial charge in [0.25, 0.3) is 5.88 Å². The fourth-order valence-corrected chi connectivity index (χ4v) is 1.68. The van der Waals surface area contributed by atoms with Crippen molar-refractivity contribution >= 4 is 11.8 Å². The van der Waals surface area contributed by atoms with Crippen LogP contribution in [0.5, 0.6) is 5.88 Å². The maximum atomic E-state index is 11.2.